The molecule has 0 amide bonds. The van der Waals surface area contributed by atoms with Gasteiger partial charge >= 0.3 is 0 Å². The highest BCUT2D eigenvalue weighted by Gasteiger charge is 2.55. The number of aliphatic hydroxyl groups is 5. The molecule has 134 valence electrons. The molecule has 1 aliphatic heterocycles. The van der Waals surface area contributed by atoms with Crippen molar-refractivity contribution in [2.24, 2.45) is 0 Å². The molecule has 0 aromatic heterocycles. The summed E-state index contributed by atoms with van der Waals surface area (Å²) in [5.41, 5.74) is -0.841. The standard InChI is InChI=1S/C18H22N2O5/c1-19-16(21,22)12-20(13-17(19,23)24)18(25,14-8-4-2-5-9-14)15-10-6-3-7-11-15/h2-11,21-25H,12-13H2,1H3. The van der Waals surface area contributed by atoms with E-state index in [4.69, 9.17) is 0 Å². The smallest absolute Gasteiger partial charge is 0.242 e. The second-order valence-electron chi connectivity index (χ2n) is 6.37. The lowest BCUT2D eigenvalue weighted by Crippen LogP contribution is -2.74. The molecule has 2 aromatic rings. The van der Waals surface area contributed by atoms with Gasteiger partial charge in [-0.2, -0.15) is 0 Å². The number of β-amino-alcohol motifs (C(OH)–C–C–N with tert-alkyl or cyclic N) is 4. The molecule has 0 aliphatic carbocycles. The van der Waals surface area contributed by atoms with E-state index in [0.29, 0.717) is 16.0 Å². The highest BCUT2D eigenvalue weighted by molar-refractivity contribution is 5.35. The first-order chi connectivity index (χ1) is 11.7. The van der Waals surface area contributed by atoms with Gasteiger partial charge in [-0.05, 0) is 7.05 Å². The molecule has 0 spiro atoms. The maximum atomic E-state index is 11.6. The first kappa shape index (κ1) is 18.0. The molecule has 0 saturated carbocycles. The van der Waals surface area contributed by atoms with Crippen LogP contribution in [0.4, 0.5) is 0 Å². The second-order valence-corrected chi connectivity index (χ2v) is 6.37. The number of likely N-dealkylation sites (N-methyl/N-ethyl adjacent to an activating group) is 1. The number of piperazine rings is 1. The minimum Gasteiger partial charge on any atom is -0.367 e. The van der Waals surface area contributed by atoms with E-state index in [9.17, 15) is 25.5 Å². The molecular weight excluding hydrogens is 324 g/mol. The van der Waals surface area contributed by atoms with Crippen LogP contribution in [0.3, 0.4) is 0 Å². The molecule has 7 nitrogen and oxygen atoms in total. The zero-order valence-electron chi connectivity index (χ0n) is 13.8. The number of hydrogen-bond acceptors (Lipinski definition) is 7. The van der Waals surface area contributed by atoms with Crippen LogP contribution in [0.25, 0.3) is 0 Å². The second kappa shape index (κ2) is 6.15. The summed E-state index contributed by atoms with van der Waals surface area (Å²) in [5.74, 6) is -5.08. The summed E-state index contributed by atoms with van der Waals surface area (Å²) in [4.78, 5) is 1.88. The van der Waals surface area contributed by atoms with E-state index in [0.717, 1.165) is 0 Å². The van der Waals surface area contributed by atoms with Gasteiger partial charge in [-0.3, -0.25) is 4.90 Å². The highest BCUT2D eigenvalue weighted by Crippen LogP contribution is 2.38. The van der Waals surface area contributed by atoms with Crippen LogP contribution in [0.5, 0.6) is 0 Å². The molecule has 1 aliphatic rings. The van der Waals surface area contributed by atoms with Crippen LogP contribution in [-0.4, -0.2) is 67.3 Å². The first-order valence-corrected chi connectivity index (χ1v) is 7.90. The van der Waals surface area contributed by atoms with Gasteiger partial charge in [0.25, 0.3) is 0 Å². The fraction of sp³-hybridized carbons (Fsp3) is 0.333. The average Bonchev–Trinajstić information content (AvgIpc) is 2.60. The third-order valence-electron chi connectivity index (χ3n) is 4.69. The van der Waals surface area contributed by atoms with Gasteiger partial charge in [-0.15, -0.1) is 0 Å². The topological polar surface area (TPSA) is 108 Å². The summed E-state index contributed by atoms with van der Waals surface area (Å²) in [5, 5.41) is 52.5. The van der Waals surface area contributed by atoms with Crippen LogP contribution in [0.2, 0.25) is 0 Å². The molecule has 0 radical (unpaired) electrons. The quantitative estimate of drug-likeness (QED) is 0.473. The van der Waals surface area contributed by atoms with Crippen molar-refractivity contribution >= 4 is 0 Å². The molecule has 3 rings (SSSR count). The minimum atomic E-state index is -2.54. The van der Waals surface area contributed by atoms with Gasteiger partial charge < -0.3 is 25.5 Å². The average molecular weight is 346 g/mol. The zero-order chi connectivity index (χ0) is 18.3. The Bertz CT molecular complexity index is 663. The van der Waals surface area contributed by atoms with Crippen molar-refractivity contribution in [2.45, 2.75) is 17.5 Å². The van der Waals surface area contributed by atoms with Crippen LogP contribution in [-0.2, 0) is 5.72 Å². The number of nitrogens with zero attached hydrogens (tertiary/aromatic N) is 2. The first-order valence-electron chi connectivity index (χ1n) is 7.90. The third kappa shape index (κ3) is 3.07. The molecular formula is C18H22N2O5. The molecule has 1 heterocycles. The Morgan fingerprint density at radius 1 is 0.760 bits per heavy atom. The van der Waals surface area contributed by atoms with Gasteiger partial charge in [0, 0.05) is 11.1 Å². The van der Waals surface area contributed by atoms with Crippen molar-refractivity contribution in [1.29, 1.82) is 0 Å². The Hall–Kier alpha value is -1.84. The minimum absolute atomic E-state index is 0.424. The summed E-state index contributed by atoms with van der Waals surface area (Å²) in [7, 11) is 1.18. The van der Waals surface area contributed by atoms with Gasteiger partial charge in [-0.25, -0.2) is 4.90 Å². The van der Waals surface area contributed by atoms with Gasteiger partial charge in [0.1, 0.15) is 0 Å². The van der Waals surface area contributed by atoms with Crippen molar-refractivity contribution in [2.75, 3.05) is 20.1 Å². The lowest BCUT2D eigenvalue weighted by Gasteiger charge is -2.53. The van der Waals surface area contributed by atoms with Crippen molar-refractivity contribution < 1.29 is 25.5 Å². The molecule has 1 fully saturated rings. The van der Waals surface area contributed by atoms with Gasteiger partial charge in [-0.1, -0.05) is 60.7 Å². The zero-order valence-corrected chi connectivity index (χ0v) is 13.8. The van der Waals surface area contributed by atoms with Gasteiger partial charge in [0.2, 0.25) is 11.8 Å². The third-order valence-corrected chi connectivity index (χ3v) is 4.69. The summed E-state index contributed by atoms with van der Waals surface area (Å²) in [6, 6.07) is 17.3. The fourth-order valence-electron chi connectivity index (χ4n) is 3.17. The monoisotopic (exact) mass is 346 g/mol. The van der Waals surface area contributed by atoms with Gasteiger partial charge in [0.05, 0.1) is 13.1 Å². The fourth-order valence-corrected chi connectivity index (χ4v) is 3.17. The van der Waals surface area contributed by atoms with Crippen molar-refractivity contribution in [3.05, 3.63) is 71.8 Å². The normalized spacial score (nSPS) is 21.2. The Kier molecular flexibility index (Phi) is 4.42. The predicted octanol–water partition coefficient (Wildman–Crippen LogP) is -0.596. The lowest BCUT2D eigenvalue weighted by atomic mass is 9.91. The van der Waals surface area contributed by atoms with Crippen LogP contribution in [0, 0.1) is 0 Å². The van der Waals surface area contributed by atoms with E-state index in [1.807, 2.05) is 0 Å². The Morgan fingerprint density at radius 2 is 1.12 bits per heavy atom. The van der Waals surface area contributed by atoms with E-state index < -0.39 is 30.6 Å². The Morgan fingerprint density at radius 3 is 1.48 bits per heavy atom. The Labute approximate surface area is 145 Å². The molecule has 0 bridgehead atoms. The lowest BCUT2D eigenvalue weighted by molar-refractivity contribution is -0.417. The highest BCUT2D eigenvalue weighted by atomic mass is 16.6. The van der Waals surface area contributed by atoms with Crippen LogP contribution in [0.15, 0.2) is 60.7 Å². The van der Waals surface area contributed by atoms with Crippen molar-refractivity contribution in [3.63, 3.8) is 0 Å². The SMILES string of the molecule is CN1C(O)(O)CN(C(O)(c2ccccc2)c2ccccc2)CC1(O)O. The number of rotatable bonds is 3. The molecule has 5 N–H and O–H groups in total. The summed E-state index contributed by atoms with van der Waals surface area (Å²) >= 11 is 0. The van der Waals surface area contributed by atoms with E-state index in [-0.39, 0.29) is 0 Å². The maximum absolute atomic E-state index is 11.6. The maximum Gasteiger partial charge on any atom is 0.242 e. The van der Waals surface area contributed by atoms with E-state index >= 15 is 0 Å². The van der Waals surface area contributed by atoms with Crippen molar-refractivity contribution in [1.82, 2.24) is 9.80 Å². The summed E-state index contributed by atoms with van der Waals surface area (Å²) in [6.45, 7) is -0.848. The summed E-state index contributed by atoms with van der Waals surface area (Å²) in [6.07, 6.45) is 0. The van der Waals surface area contributed by atoms with Crippen LogP contribution in [0.1, 0.15) is 11.1 Å². The number of hydrogen-bond donors (Lipinski definition) is 5. The largest absolute Gasteiger partial charge is 0.367 e. The molecule has 0 atom stereocenters. The van der Waals surface area contributed by atoms with E-state index in [2.05, 4.69) is 0 Å². The van der Waals surface area contributed by atoms with Crippen LogP contribution >= 0.6 is 0 Å². The van der Waals surface area contributed by atoms with E-state index in [1.165, 1.54) is 11.9 Å². The Balaban J connectivity index is 2.13. The van der Waals surface area contributed by atoms with Crippen molar-refractivity contribution in [3.8, 4) is 0 Å². The van der Waals surface area contributed by atoms with E-state index in [1.54, 1.807) is 60.7 Å². The molecule has 0 unspecified atom stereocenters. The molecule has 25 heavy (non-hydrogen) atoms. The van der Waals surface area contributed by atoms with Crippen LogP contribution < -0.4 is 0 Å². The van der Waals surface area contributed by atoms with Gasteiger partial charge in [0.15, 0.2) is 5.72 Å². The molecule has 2 aromatic carbocycles. The summed E-state index contributed by atoms with van der Waals surface area (Å²) < 4.78 is 0. The molecule has 7 heteroatoms. The molecule has 1 saturated heterocycles. The predicted molar refractivity (Wildman–Crippen MR) is 89.6 cm³/mol. The number of benzene rings is 2.